The number of carboxylic acids is 1. The predicted molar refractivity (Wildman–Crippen MR) is 63.1 cm³/mol. The number of hydrogen-bond acceptors (Lipinski definition) is 4. The van der Waals surface area contributed by atoms with Crippen molar-refractivity contribution in [2.24, 2.45) is 0 Å². The van der Waals surface area contributed by atoms with Gasteiger partial charge < -0.3 is 26.0 Å². The van der Waals surface area contributed by atoms with Crippen molar-refractivity contribution < 1.29 is 24.9 Å². The van der Waals surface area contributed by atoms with Crippen molar-refractivity contribution in [3.8, 4) is 0 Å². The van der Waals surface area contributed by atoms with Crippen LogP contribution in [-0.2, 0) is 4.79 Å². The van der Waals surface area contributed by atoms with Crippen LogP contribution < -0.4 is 10.6 Å². The van der Waals surface area contributed by atoms with E-state index < -0.39 is 30.3 Å². The van der Waals surface area contributed by atoms with Gasteiger partial charge in [-0.15, -0.1) is 0 Å². The van der Waals surface area contributed by atoms with E-state index in [4.69, 9.17) is 5.11 Å². The number of nitrogens with one attached hydrogen (secondary N) is 2. The van der Waals surface area contributed by atoms with E-state index >= 15 is 0 Å². The molecule has 0 saturated heterocycles. The minimum Gasteiger partial charge on any atom is -0.479 e. The first-order valence-corrected chi connectivity index (χ1v) is 6.01. The van der Waals surface area contributed by atoms with Gasteiger partial charge in [0, 0.05) is 0 Å². The van der Waals surface area contributed by atoms with E-state index in [2.05, 4.69) is 10.6 Å². The number of carbonyl (C=O) groups is 2. The zero-order valence-corrected chi connectivity index (χ0v) is 10.3. The molecule has 1 aliphatic carbocycles. The second-order valence-corrected chi connectivity index (χ2v) is 4.86. The summed E-state index contributed by atoms with van der Waals surface area (Å²) in [5, 5.41) is 32.6. The SMILES string of the molecule is CC(O)(CNC(=O)NC1CCCCC1O)C(=O)O. The number of urea groups is 1. The maximum Gasteiger partial charge on any atom is 0.337 e. The molecular formula is C11H20N2O5. The summed E-state index contributed by atoms with van der Waals surface area (Å²) in [6.45, 7) is 0.710. The van der Waals surface area contributed by atoms with Gasteiger partial charge in [0.25, 0.3) is 0 Å². The maximum absolute atomic E-state index is 11.5. The second-order valence-electron chi connectivity index (χ2n) is 4.86. The van der Waals surface area contributed by atoms with Crippen LogP contribution in [0.1, 0.15) is 32.6 Å². The van der Waals surface area contributed by atoms with E-state index in [1.54, 1.807) is 0 Å². The Morgan fingerprint density at radius 2 is 1.94 bits per heavy atom. The van der Waals surface area contributed by atoms with Crippen LogP contribution >= 0.6 is 0 Å². The summed E-state index contributed by atoms with van der Waals surface area (Å²) < 4.78 is 0. The van der Waals surface area contributed by atoms with Crippen LogP contribution in [0.4, 0.5) is 4.79 Å². The van der Waals surface area contributed by atoms with Gasteiger partial charge in [-0.05, 0) is 19.8 Å². The number of rotatable bonds is 4. The average Bonchev–Trinajstić information content (AvgIpc) is 2.29. The van der Waals surface area contributed by atoms with Crippen molar-refractivity contribution in [3.05, 3.63) is 0 Å². The molecule has 7 nitrogen and oxygen atoms in total. The lowest BCUT2D eigenvalue weighted by Gasteiger charge is -2.28. The predicted octanol–water partition coefficient (Wildman–Crippen LogP) is -0.575. The van der Waals surface area contributed by atoms with Crippen molar-refractivity contribution in [1.82, 2.24) is 10.6 Å². The van der Waals surface area contributed by atoms with Crippen LogP contribution in [0.3, 0.4) is 0 Å². The summed E-state index contributed by atoms with van der Waals surface area (Å²) in [7, 11) is 0. The van der Waals surface area contributed by atoms with Gasteiger partial charge in [-0.3, -0.25) is 0 Å². The van der Waals surface area contributed by atoms with Crippen molar-refractivity contribution >= 4 is 12.0 Å². The highest BCUT2D eigenvalue weighted by Crippen LogP contribution is 2.18. The Morgan fingerprint density at radius 3 is 2.50 bits per heavy atom. The Labute approximate surface area is 105 Å². The molecule has 0 aliphatic heterocycles. The Bertz CT molecular complexity index is 319. The quantitative estimate of drug-likeness (QED) is 0.463. The molecule has 1 saturated carbocycles. The van der Waals surface area contributed by atoms with E-state index in [-0.39, 0.29) is 6.04 Å². The molecule has 1 aliphatic rings. The Kier molecular flexibility index (Phi) is 4.92. The molecule has 5 N–H and O–H groups in total. The molecule has 7 heteroatoms. The van der Waals surface area contributed by atoms with E-state index in [1.807, 2.05) is 0 Å². The van der Waals surface area contributed by atoms with Crippen molar-refractivity contribution in [2.75, 3.05) is 6.54 Å². The normalized spacial score (nSPS) is 27.1. The smallest absolute Gasteiger partial charge is 0.337 e. The summed E-state index contributed by atoms with van der Waals surface area (Å²) >= 11 is 0. The lowest BCUT2D eigenvalue weighted by Crippen LogP contribution is -2.53. The van der Waals surface area contributed by atoms with E-state index in [1.165, 1.54) is 0 Å². The zero-order chi connectivity index (χ0) is 13.8. The molecule has 0 aromatic rings. The number of hydrogen-bond donors (Lipinski definition) is 5. The molecule has 1 rings (SSSR count). The molecule has 0 heterocycles. The van der Waals surface area contributed by atoms with E-state index in [9.17, 15) is 19.8 Å². The highest BCUT2D eigenvalue weighted by molar-refractivity contribution is 5.79. The molecule has 104 valence electrons. The molecule has 3 atom stereocenters. The van der Waals surface area contributed by atoms with Gasteiger partial charge in [0.2, 0.25) is 0 Å². The monoisotopic (exact) mass is 260 g/mol. The number of aliphatic hydroxyl groups excluding tert-OH is 1. The summed E-state index contributed by atoms with van der Waals surface area (Å²) in [4.78, 5) is 22.1. The minimum atomic E-state index is -2.00. The van der Waals surface area contributed by atoms with Gasteiger partial charge in [0.1, 0.15) is 0 Å². The fourth-order valence-electron chi connectivity index (χ4n) is 1.83. The van der Waals surface area contributed by atoms with E-state index in [0.717, 1.165) is 19.8 Å². The topological polar surface area (TPSA) is 119 Å². The van der Waals surface area contributed by atoms with E-state index in [0.29, 0.717) is 12.8 Å². The Morgan fingerprint density at radius 1 is 1.33 bits per heavy atom. The van der Waals surface area contributed by atoms with Crippen molar-refractivity contribution in [1.29, 1.82) is 0 Å². The number of carbonyl (C=O) groups excluding carboxylic acids is 1. The average molecular weight is 260 g/mol. The number of aliphatic carboxylic acids is 1. The first kappa shape index (κ1) is 14.7. The first-order valence-electron chi connectivity index (χ1n) is 6.01. The van der Waals surface area contributed by atoms with Crippen molar-refractivity contribution in [3.63, 3.8) is 0 Å². The minimum absolute atomic E-state index is 0.312. The van der Waals surface area contributed by atoms with Crippen LogP contribution in [0.25, 0.3) is 0 Å². The van der Waals surface area contributed by atoms with Gasteiger partial charge in [-0.25, -0.2) is 9.59 Å². The molecular weight excluding hydrogens is 240 g/mol. The van der Waals surface area contributed by atoms with Crippen molar-refractivity contribution in [2.45, 2.75) is 50.4 Å². The third-order valence-corrected chi connectivity index (χ3v) is 3.10. The molecule has 2 amide bonds. The summed E-state index contributed by atoms with van der Waals surface area (Å²) in [5.74, 6) is -1.40. The fraction of sp³-hybridized carbons (Fsp3) is 0.818. The molecule has 1 fully saturated rings. The largest absolute Gasteiger partial charge is 0.479 e. The molecule has 0 aromatic carbocycles. The number of amides is 2. The lowest BCUT2D eigenvalue weighted by molar-refractivity contribution is -0.155. The third kappa shape index (κ3) is 4.15. The van der Waals surface area contributed by atoms with Gasteiger partial charge in [0.05, 0.1) is 18.7 Å². The highest BCUT2D eigenvalue weighted by atomic mass is 16.4. The molecule has 0 aromatic heterocycles. The lowest BCUT2D eigenvalue weighted by atomic mass is 9.93. The second kappa shape index (κ2) is 6.01. The van der Waals surface area contributed by atoms with Gasteiger partial charge in [-0.2, -0.15) is 0 Å². The molecule has 0 bridgehead atoms. The zero-order valence-electron chi connectivity index (χ0n) is 10.3. The summed E-state index contributed by atoms with van der Waals surface area (Å²) in [5.41, 5.74) is -2.00. The Balaban J connectivity index is 2.35. The molecule has 0 spiro atoms. The fourth-order valence-corrected chi connectivity index (χ4v) is 1.83. The molecule has 18 heavy (non-hydrogen) atoms. The standard InChI is InChI=1S/C11H20N2O5/c1-11(18,9(15)16)6-12-10(17)13-7-4-2-3-5-8(7)14/h7-8,14,18H,2-6H2,1H3,(H,15,16)(H2,12,13,17). The van der Waals surface area contributed by atoms with Crippen LogP contribution in [0.5, 0.6) is 0 Å². The van der Waals surface area contributed by atoms with Crippen LogP contribution in [0.15, 0.2) is 0 Å². The summed E-state index contributed by atoms with van der Waals surface area (Å²) in [6, 6.07) is -0.893. The maximum atomic E-state index is 11.5. The van der Waals surface area contributed by atoms with Gasteiger partial charge >= 0.3 is 12.0 Å². The van der Waals surface area contributed by atoms with Gasteiger partial charge in [-0.1, -0.05) is 12.8 Å². The van der Waals surface area contributed by atoms with Crippen LogP contribution in [0, 0.1) is 0 Å². The number of carboxylic acid groups (broad SMARTS) is 1. The molecule has 0 radical (unpaired) electrons. The Hall–Kier alpha value is -1.34. The first-order chi connectivity index (χ1) is 8.33. The number of aliphatic hydroxyl groups is 2. The van der Waals surface area contributed by atoms with Gasteiger partial charge in [0.15, 0.2) is 5.60 Å². The summed E-state index contributed by atoms with van der Waals surface area (Å²) in [6.07, 6.45) is 2.66. The van der Waals surface area contributed by atoms with Crippen LogP contribution in [0.2, 0.25) is 0 Å². The third-order valence-electron chi connectivity index (χ3n) is 3.10. The van der Waals surface area contributed by atoms with Crippen LogP contribution in [-0.4, -0.2) is 51.6 Å². The molecule has 3 unspecified atom stereocenters. The highest BCUT2D eigenvalue weighted by Gasteiger charge is 2.31.